The molecule has 110 valence electrons. The van der Waals surface area contributed by atoms with Gasteiger partial charge in [0.15, 0.2) is 6.61 Å². The number of fused-ring (bicyclic) bond motifs is 1. The zero-order valence-corrected chi connectivity index (χ0v) is 11.9. The molecule has 0 saturated heterocycles. The second kappa shape index (κ2) is 5.26. The maximum absolute atomic E-state index is 11.5. The Labute approximate surface area is 128 Å². The molecule has 22 heavy (non-hydrogen) atoms. The minimum atomic E-state index is -0.127. The Morgan fingerprint density at radius 2 is 1.95 bits per heavy atom. The standard InChI is InChI=1S/C17H15N3O2/c21-16-10-22-15-7-6-12(8-14(15)19-16)17-13(9-18-20-17)11-4-2-1-3-5-11/h1-8,13,17H,9-10H2,(H,19,21). The zero-order valence-electron chi connectivity index (χ0n) is 11.9. The third-order valence-electron chi connectivity index (χ3n) is 4.07. The van der Waals surface area contributed by atoms with Crippen molar-refractivity contribution in [3.8, 4) is 5.75 Å². The Morgan fingerprint density at radius 3 is 2.82 bits per heavy atom. The van der Waals surface area contributed by atoms with Gasteiger partial charge in [-0.3, -0.25) is 4.79 Å². The molecule has 2 aromatic rings. The smallest absolute Gasteiger partial charge is 0.262 e. The van der Waals surface area contributed by atoms with E-state index < -0.39 is 0 Å². The number of ether oxygens (including phenoxy) is 1. The summed E-state index contributed by atoms with van der Waals surface area (Å²) in [6, 6.07) is 16.1. The lowest BCUT2D eigenvalue weighted by molar-refractivity contribution is -0.118. The Hall–Kier alpha value is -2.69. The van der Waals surface area contributed by atoms with Crippen LogP contribution in [-0.2, 0) is 4.79 Å². The molecule has 0 aromatic heterocycles. The van der Waals surface area contributed by atoms with E-state index >= 15 is 0 Å². The number of nitrogens with zero attached hydrogens (tertiary/aromatic N) is 2. The first-order chi connectivity index (χ1) is 10.8. The van der Waals surface area contributed by atoms with E-state index in [0.717, 1.165) is 5.56 Å². The van der Waals surface area contributed by atoms with Crippen LogP contribution >= 0.6 is 0 Å². The van der Waals surface area contributed by atoms with Crippen molar-refractivity contribution in [2.45, 2.75) is 12.0 Å². The quantitative estimate of drug-likeness (QED) is 0.923. The molecular weight excluding hydrogens is 278 g/mol. The van der Waals surface area contributed by atoms with Gasteiger partial charge in [-0.25, -0.2) is 0 Å². The van der Waals surface area contributed by atoms with Gasteiger partial charge in [-0.1, -0.05) is 36.4 Å². The molecule has 0 aliphatic carbocycles. The van der Waals surface area contributed by atoms with Crippen molar-refractivity contribution >= 4 is 11.6 Å². The molecule has 0 radical (unpaired) electrons. The van der Waals surface area contributed by atoms with Crippen molar-refractivity contribution in [1.82, 2.24) is 0 Å². The minimum absolute atomic E-state index is 0.0217. The fraction of sp³-hybridized carbons (Fsp3) is 0.235. The van der Waals surface area contributed by atoms with Crippen molar-refractivity contribution < 1.29 is 9.53 Å². The first-order valence-electron chi connectivity index (χ1n) is 7.29. The molecular formula is C17H15N3O2. The molecule has 5 heteroatoms. The first-order valence-corrected chi connectivity index (χ1v) is 7.29. The largest absolute Gasteiger partial charge is 0.482 e. The second-order valence-corrected chi connectivity index (χ2v) is 5.49. The Kier molecular flexibility index (Phi) is 3.11. The third kappa shape index (κ3) is 2.24. The predicted molar refractivity (Wildman–Crippen MR) is 82.2 cm³/mol. The van der Waals surface area contributed by atoms with Crippen LogP contribution in [-0.4, -0.2) is 19.1 Å². The summed E-state index contributed by atoms with van der Waals surface area (Å²) >= 11 is 0. The molecule has 2 aliphatic rings. The van der Waals surface area contributed by atoms with E-state index in [-0.39, 0.29) is 24.5 Å². The molecule has 0 spiro atoms. The molecule has 2 aliphatic heterocycles. The number of rotatable bonds is 2. The van der Waals surface area contributed by atoms with Gasteiger partial charge in [-0.05, 0) is 23.3 Å². The zero-order chi connectivity index (χ0) is 14.9. The number of anilines is 1. The lowest BCUT2D eigenvalue weighted by atomic mass is 9.88. The Bertz CT molecular complexity index is 743. The van der Waals surface area contributed by atoms with Crippen LogP contribution in [0.15, 0.2) is 58.8 Å². The van der Waals surface area contributed by atoms with Crippen LogP contribution in [0.4, 0.5) is 5.69 Å². The predicted octanol–water partition coefficient (Wildman–Crippen LogP) is 3.31. The number of nitrogens with one attached hydrogen (secondary N) is 1. The van der Waals surface area contributed by atoms with Gasteiger partial charge < -0.3 is 10.1 Å². The van der Waals surface area contributed by atoms with Crippen LogP contribution in [0, 0.1) is 0 Å². The van der Waals surface area contributed by atoms with E-state index in [2.05, 4.69) is 27.7 Å². The molecule has 2 aromatic carbocycles. The number of amides is 1. The maximum atomic E-state index is 11.5. The van der Waals surface area contributed by atoms with Gasteiger partial charge in [-0.15, -0.1) is 0 Å². The highest BCUT2D eigenvalue weighted by molar-refractivity contribution is 5.95. The van der Waals surface area contributed by atoms with Crippen LogP contribution in [0.3, 0.4) is 0 Å². The fourth-order valence-corrected chi connectivity index (χ4v) is 2.98. The first kappa shape index (κ1) is 13.0. The molecule has 1 N–H and O–H groups in total. The fourth-order valence-electron chi connectivity index (χ4n) is 2.98. The van der Waals surface area contributed by atoms with Crippen molar-refractivity contribution in [3.63, 3.8) is 0 Å². The van der Waals surface area contributed by atoms with Crippen LogP contribution in [0.1, 0.15) is 23.1 Å². The highest BCUT2D eigenvalue weighted by Crippen LogP contribution is 2.41. The summed E-state index contributed by atoms with van der Waals surface area (Å²) in [6.07, 6.45) is 0. The summed E-state index contributed by atoms with van der Waals surface area (Å²) in [5.74, 6) is 0.811. The SMILES string of the molecule is O=C1COc2ccc(C3N=NCC3c3ccccc3)cc2N1. The van der Waals surface area contributed by atoms with E-state index in [4.69, 9.17) is 4.74 Å². The number of benzene rings is 2. The average Bonchev–Trinajstić information content (AvgIpc) is 3.04. The molecule has 1 amide bonds. The monoisotopic (exact) mass is 293 g/mol. The second-order valence-electron chi connectivity index (χ2n) is 5.49. The number of azo groups is 1. The van der Waals surface area contributed by atoms with Gasteiger partial charge in [0.25, 0.3) is 5.91 Å². The summed E-state index contributed by atoms with van der Waals surface area (Å²) < 4.78 is 5.40. The summed E-state index contributed by atoms with van der Waals surface area (Å²) in [4.78, 5) is 11.5. The van der Waals surface area contributed by atoms with Crippen LogP contribution in [0.5, 0.6) is 5.75 Å². The lowest BCUT2D eigenvalue weighted by Crippen LogP contribution is -2.25. The lowest BCUT2D eigenvalue weighted by Gasteiger charge is -2.21. The average molecular weight is 293 g/mol. The number of hydrogen-bond donors (Lipinski definition) is 1. The highest BCUT2D eigenvalue weighted by atomic mass is 16.5. The summed E-state index contributed by atoms with van der Waals surface area (Å²) in [6.45, 7) is 0.761. The van der Waals surface area contributed by atoms with E-state index in [1.54, 1.807) is 0 Å². The van der Waals surface area contributed by atoms with E-state index in [0.29, 0.717) is 18.0 Å². The summed E-state index contributed by atoms with van der Waals surface area (Å²) in [7, 11) is 0. The van der Waals surface area contributed by atoms with Crippen molar-refractivity contribution in [2.24, 2.45) is 10.2 Å². The van der Waals surface area contributed by atoms with Gasteiger partial charge in [-0.2, -0.15) is 10.2 Å². The minimum Gasteiger partial charge on any atom is -0.482 e. The molecule has 0 bridgehead atoms. The Balaban J connectivity index is 1.67. The molecule has 5 nitrogen and oxygen atoms in total. The van der Waals surface area contributed by atoms with Crippen LogP contribution in [0.25, 0.3) is 0 Å². The number of hydrogen-bond acceptors (Lipinski definition) is 4. The molecule has 0 fully saturated rings. The Morgan fingerprint density at radius 1 is 1.09 bits per heavy atom. The molecule has 2 atom stereocenters. The van der Waals surface area contributed by atoms with E-state index in [9.17, 15) is 4.79 Å². The van der Waals surface area contributed by atoms with Gasteiger partial charge in [0, 0.05) is 5.92 Å². The van der Waals surface area contributed by atoms with E-state index in [1.165, 1.54) is 5.56 Å². The molecule has 2 unspecified atom stereocenters. The number of carbonyl (C=O) groups excluding carboxylic acids is 1. The van der Waals surface area contributed by atoms with Crippen molar-refractivity contribution in [2.75, 3.05) is 18.5 Å². The van der Waals surface area contributed by atoms with E-state index in [1.807, 2.05) is 36.4 Å². The summed E-state index contributed by atoms with van der Waals surface area (Å²) in [5, 5.41) is 11.5. The molecule has 4 rings (SSSR count). The topological polar surface area (TPSA) is 63.0 Å². The van der Waals surface area contributed by atoms with Crippen LogP contribution in [0.2, 0.25) is 0 Å². The van der Waals surface area contributed by atoms with Crippen molar-refractivity contribution in [3.05, 3.63) is 59.7 Å². The van der Waals surface area contributed by atoms with Gasteiger partial charge >= 0.3 is 0 Å². The maximum Gasteiger partial charge on any atom is 0.262 e. The van der Waals surface area contributed by atoms with Crippen LogP contribution < -0.4 is 10.1 Å². The summed E-state index contributed by atoms with van der Waals surface area (Å²) in [5.41, 5.74) is 2.98. The molecule has 2 heterocycles. The third-order valence-corrected chi connectivity index (χ3v) is 4.07. The highest BCUT2D eigenvalue weighted by Gasteiger charge is 2.30. The molecule has 0 saturated carbocycles. The van der Waals surface area contributed by atoms with Crippen molar-refractivity contribution in [1.29, 1.82) is 0 Å². The normalized spacial score (nSPS) is 22.8. The van der Waals surface area contributed by atoms with Gasteiger partial charge in [0.05, 0.1) is 12.2 Å². The van der Waals surface area contributed by atoms with Gasteiger partial charge in [0.1, 0.15) is 11.8 Å². The number of carbonyl (C=O) groups is 1. The van der Waals surface area contributed by atoms with Gasteiger partial charge in [0.2, 0.25) is 0 Å².